The molecule has 130 valence electrons. The van der Waals surface area contributed by atoms with Crippen molar-refractivity contribution in [2.45, 2.75) is 6.18 Å². The third kappa shape index (κ3) is 3.45. The fourth-order valence-corrected chi connectivity index (χ4v) is 3.09. The van der Waals surface area contributed by atoms with Crippen molar-refractivity contribution in [1.29, 1.82) is 0 Å². The fourth-order valence-electron chi connectivity index (χ4n) is 2.31. The van der Waals surface area contributed by atoms with Gasteiger partial charge < -0.3 is 9.84 Å². The number of alkyl halides is 3. The zero-order valence-corrected chi connectivity index (χ0v) is 14.4. The number of ether oxygens (including phenoxy) is 1. The second kappa shape index (κ2) is 6.48. The van der Waals surface area contributed by atoms with Crippen LogP contribution in [0, 0.1) is 0 Å². The minimum Gasteiger partial charge on any atom is -0.508 e. The van der Waals surface area contributed by atoms with Crippen LogP contribution >= 0.6 is 34.8 Å². The quantitative estimate of drug-likeness (QED) is 0.451. The Kier molecular flexibility index (Phi) is 4.66. The van der Waals surface area contributed by atoms with Crippen LogP contribution in [0.3, 0.4) is 0 Å². The normalized spacial score (nSPS) is 11.8. The summed E-state index contributed by atoms with van der Waals surface area (Å²) in [6.07, 6.45) is -4.70. The first-order valence-electron chi connectivity index (χ1n) is 6.83. The van der Waals surface area contributed by atoms with Crippen LogP contribution in [0.1, 0.15) is 5.56 Å². The number of halogens is 6. The second-order valence-corrected chi connectivity index (χ2v) is 6.29. The number of rotatable bonds is 2. The molecule has 0 aliphatic heterocycles. The Morgan fingerprint density at radius 2 is 1.64 bits per heavy atom. The van der Waals surface area contributed by atoms with E-state index in [-0.39, 0.29) is 22.3 Å². The van der Waals surface area contributed by atoms with Crippen LogP contribution in [0.25, 0.3) is 10.8 Å². The summed E-state index contributed by atoms with van der Waals surface area (Å²) in [5, 5.41) is 9.45. The highest BCUT2D eigenvalue weighted by Gasteiger charge is 2.36. The summed E-state index contributed by atoms with van der Waals surface area (Å²) < 4.78 is 44.5. The van der Waals surface area contributed by atoms with E-state index in [2.05, 4.69) is 0 Å². The van der Waals surface area contributed by atoms with Crippen molar-refractivity contribution in [2.24, 2.45) is 0 Å². The summed E-state index contributed by atoms with van der Waals surface area (Å²) in [5.41, 5.74) is -1.15. The van der Waals surface area contributed by atoms with Gasteiger partial charge in [-0.15, -0.1) is 0 Å². The predicted molar refractivity (Wildman–Crippen MR) is 92.2 cm³/mol. The smallest absolute Gasteiger partial charge is 0.417 e. The molecule has 0 bridgehead atoms. The summed E-state index contributed by atoms with van der Waals surface area (Å²) >= 11 is 17.6. The average molecular weight is 408 g/mol. The molecule has 0 radical (unpaired) electrons. The second-order valence-electron chi connectivity index (χ2n) is 5.12. The molecular formula is C17H8Cl3F3O2. The molecule has 0 heterocycles. The topological polar surface area (TPSA) is 29.5 Å². The van der Waals surface area contributed by atoms with Crippen LogP contribution in [0.4, 0.5) is 13.2 Å². The molecule has 0 unspecified atom stereocenters. The average Bonchev–Trinajstić information content (AvgIpc) is 2.54. The van der Waals surface area contributed by atoms with Gasteiger partial charge in [-0.2, -0.15) is 13.2 Å². The number of hydrogen-bond donors (Lipinski definition) is 1. The highest BCUT2D eigenvalue weighted by molar-refractivity contribution is 6.45. The van der Waals surface area contributed by atoms with Gasteiger partial charge >= 0.3 is 6.18 Å². The summed E-state index contributed by atoms with van der Waals surface area (Å²) in [6, 6.07) is 10.3. The standard InChI is InChI=1S/C17H8Cl3F3O2/c18-12-7-11(17(21,22)23)14(19)15(20)16(12)25-13-3-1-2-8-4-5-9(24)6-10(8)13/h1-7,24H. The van der Waals surface area contributed by atoms with E-state index < -0.39 is 21.8 Å². The van der Waals surface area contributed by atoms with Crippen LogP contribution in [-0.4, -0.2) is 5.11 Å². The molecule has 3 aromatic carbocycles. The summed E-state index contributed by atoms with van der Waals surface area (Å²) in [6.45, 7) is 0. The van der Waals surface area contributed by atoms with Gasteiger partial charge in [-0.25, -0.2) is 0 Å². The van der Waals surface area contributed by atoms with Gasteiger partial charge in [-0.3, -0.25) is 0 Å². The van der Waals surface area contributed by atoms with Crippen LogP contribution in [0.5, 0.6) is 17.2 Å². The highest BCUT2D eigenvalue weighted by atomic mass is 35.5. The van der Waals surface area contributed by atoms with Gasteiger partial charge in [-0.1, -0.05) is 53.0 Å². The van der Waals surface area contributed by atoms with E-state index in [0.29, 0.717) is 11.5 Å². The van der Waals surface area contributed by atoms with Crippen molar-refractivity contribution in [1.82, 2.24) is 0 Å². The van der Waals surface area contributed by atoms with E-state index in [1.54, 1.807) is 24.3 Å². The molecule has 0 atom stereocenters. The summed E-state index contributed by atoms with van der Waals surface area (Å²) in [5.74, 6) is 0.0661. The van der Waals surface area contributed by atoms with E-state index in [0.717, 1.165) is 5.39 Å². The first-order chi connectivity index (χ1) is 11.7. The lowest BCUT2D eigenvalue weighted by atomic mass is 10.1. The molecule has 3 aromatic rings. The lowest BCUT2D eigenvalue weighted by Crippen LogP contribution is -2.06. The number of benzene rings is 3. The molecule has 0 amide bonds. The minimum atomic E-state index is -4.70. The van der Waals surface area contributed by atoms with Crippen molar-refractivity contribution in [3.63, 3.8) is 0 Å². The Morgan fingerprint density at radius 3 is 2.32 bits per heavy atom. The van der Waals surface area contributed by atoms with Gasteiger partial charge in [0.15, 0.2) is 5.75 Å². The van der Waals surface area contributed by atoms with Crippen molar-refractivity contribution in [2.75, 3.05) is 0 Å². The summed E-state index contributed by atoms with van der Waals surface area (Å²) in [7, 11) is 0. The molecule has 25 heavy (non-hydrogen) atoms. The van der Waals surface area contributed by atoms with Gasteiger partial charge in [0.05, 0.1) is 15.6 Å². The van der Waals surface area contributed by atoms with Crippen LogP contribution < -0.4 is 4.74 Å². The van der Waals surface area contributed by atoms with Gasteiger partial charge in [0.2, 0.25) is 0 Å². The number of phenols is 1. The van der Waals surface area contributed by atoms with E-state index in [1.165, 1.54) is 12.1 Å². The Hall–Kier alpha value is -1.82. The fraction of sp³-hybridized carbons (Fsp3) is 0.0588. The number of fused-ring (bicyclic) bond motifs is 1. The third-order valence-corrected chi connectivity index (χ3v) is 4.59. The Balaban J connectivity index is 2.14. The molecule has 0 aromatic heterocycles. The lowest BCUT2D eigenvalue weighted by Gasteiger charge is -2.16. The zero-order valence-electron chi connectivity index (χ0n) is 12.2. The number of hydrogen-bond acceptors (Lipinski definition) is 2. The minimum absolute atomic E-state index is 0.00574. The molecule has 0 aliphatic rings. The maximum absolute atomic E-state index is 12.9. The number of phenolic OH excluding ortho intramolecular Hbond substituents is 1. The van der Waals surface area contributed by atoms with E-state index in [1.807, 2.05) is 0 Å². The van der Waals surface area contributed by atoms with Crippen molar-refractivity contribution < 1.29 is 23.0 Å². The third-order valence-electron chi connectivity index (χ3n) is 3.46. The van der Waals surface area contributed by atoms with E-state index in [4.69, 9.17) is 39.5 Å². The van der Waals surface area contributed by atoms with Crippen molar-refractivity contribution in [3.8, 4) is 17.2 Å². The van der Waals surface area contributed by atoms with Crippen LogP contribution in [0.15, 0.2) is 42.5 Å². The molecular weight excluding hydrogens is 400 g/mol. The maximum Gasteiger partial charge on any atom is 0.417 e. The zero-order chi connectivity index (χ0) is 18.4. The molecule has 2 nitrogen and oxygen atoms in total. The molecule has 0 saturated heterocycles. The van der Waals surface area contributed by atoms with Crippen LogP contribution in [-0.2, 0) is 6.18 Å². The maximum atomic E-state index is 12.9. The Morgan fingerprint density at radius 1 is 0.920 bits per heavy atom. The van der Waals surface area contributed by atoms with Crippen LogP contribution in [0.2, 0.25) is 15.1 Å². The van der Waals surface area contributed by atoms with Gasteiger partial charge in [0.1, 0.15) is 16.5 Å². The highest BCUT2D eigenvalue weighted by Crippen LogP contribution is 2.48. The molecule has 0 saturated carbocycles. The van der Waals surface area contributed by atoms with Gasteiger partial charge in [0.25, 0.3) is 0 Å². The number of aromatic hydroxyl groups is 1. The molecule has 0 fully saturated rings. The molecule has 3 rings (SSSR count). The first-order valence-corrected chi connectivity index (χ1v) is 7.96. The monoisotopic (exact) mass is 406 g/mol. The molecule has 0 spiro atoms. The molecule has 1 N–H and O–H groups in total. The van der Waals surface area contributed by atoms with E-state index in [9.17, 15) is 18.3 Å². The Labute approximate surface area is 155 Å². The van der Waals surface area contributed by atoms with Crippen molar-refractivity contribution in [3.05, 3.63) is 63.1 Å². The van der Waals surface area contributed by atoms with Gasteiger partial charge in [0, 0.05) is 5.39 Å². The molecule has 8 heteroatoms. The van der Waals surface area contributed by atoms with Gasteiger partial charge in [-0.05, 0) is 29.7 Å². The Bertz CT molecular complexity index is 971. The predicted octanol–water partition coefficient (Wildman–Crippen LogP) is 7.32. The summed E-state index contributed by atoms with van der Waals surface area (Å²) in [4.78, 5) is 0. The lowest BCUT2D eigenvalue weighted by molar-refractivity contribution is -0.137. The first kappa shape index (κ1) is 18.0. The SMILES string of the molecule is Oc1ccc2cccc(Oc3c(Cl)cc(C(F)(F)F)c(Cl)c3Cl)c2c1. The van der Waals surface area contributed by atoms with E-state index >= 15 is 0 Å². The molecule has 0 aliphatic carbocycles. The van der Waals surface area contributed by atoms with Crippen molar-refractivity contribution >= 4 is 45.6 Å². The largest absolute Gasteiger partial charge is 0.508 e.